The summed E-state index contributed by atoms with van der Waals surface area (Å²) < 4.78 is 0. The first-order chi connectivity index (χ1) is 8.99. The van der Waals surface area contributed by atoms with Gasteiger partial charge in [-0.2, -0.15) is 0 Å². The Morgan fingerprint density at radius 2 is 1.95 bits per heavy atom. The Labute approximate surface area is 120 Å². The third-order valence-electron chi connectivity index (χ3n) is 4.55. The minimum absolute atomic E-state index is 0.0286. The maximum Gasteiger partial charge on any atom is 0.136 e. The van der Waals surface area contributed by atoms with E-state index in [1.54, 1.807) is 0 Å². The molecule has 2 nitrogen and oxygen atoms in total. The van der Waals surface area contributed by atoms with Gasteiger partial charge in [0, 0.05) is 22.9 Å². The highest BCUT2D eigenvalue weighted by Gasteiger charge is 2.42. The smallest absolute Gasteiger partial charge is 0.136 e. The molecule has 1 aromatic carbocycles. The van der Waals surface area contributed by atoms with Crippen molar-refractivity contribution in [3.8, 4) is 0 Å². The number of Topliss-reactive ketones (excluding diaryl/α,β-unsaturated/α-hetero) is 1. The van der Waals surface area contributed by atoms with Gasteiger partial charge in [0.05, 0.1) is 0 Å². The topological polar surface area (TPSA) is 20.3 Å². The van der Waals surface area contributed by atoms with E-state index in [2.05, 4.69) is 38.1 Å². The molecule has 0 aliphatic heterocycles. The van der Waals surface area contributed by atoms with Crippen LogP contribution in [0.1, 0.15) is 38.2 Å². The van der Waals surface area contributed by atoms with E-state index in [1.807, 2.05) is 12.1 Å². The summed E-state index contributed by atoms with van der Waals surface area (Å²) in [6, 6.07) is 8.09. The van der Waals surface area contributed by atoms with Crippen molar-refractivity contribution in [3.63, 3.8) is 0 Å². The van der Waals surface area contributed by atoms with E-state index < -0.39 is 0 Å². The first-order valence-corrected chi connectivity index (χ1v) is 7.33. The molecule has 0 spiro atoms. The average Bonchev–Trinajstić information content (AvgIpc) is 2.40. The molecule has 1 aromatic rings. The summed E-state index contributed by atoms with van der Waals surface area (Å²) in [4.78, 5) is 14.3. The number of halogens is 1. The van der Waals surface area contributed by atoms with Gasteiger partial charge in [-0.25, -0.2) is 0 Å². The summed E-state index contributed by atoms with van der Waals surface area (Å²) in [5.74, 6) is 0.612. The Hall–Kier alpha value is -0.860. The number of hydrogen-bond donors (Lipinski definition) is 0. The number of nitrogens with zero attached hydrogens (tertiary/aromatic N) is 1. The highest BCUT2D eigenvalue weighted by molar-refractivity contribution is 6.30. The SMILES string of the molecule is CCC1CC(c2ccc(Cl)cc2)(N(C)C)CCC1=O. The predicted molar refractivity (Wildman–Crippen MR) is 79.5 cm³/mol. The predicted octanol–water partition coefficient (Wildman–Crippen LogP) is 3.88. The number of rotatable bonds is 3. The van der Waals surface area contributed by atoms with Crippen molar-refractivity contribution in [2.45, 2.75) is 38.1 Å². The molecular formula is C16H22ClNO. The lowest BCUT2D eigenvalue weighted by atomic mass is 9.70. The van der Waals surface area contributed by atoms with Crippen LogP contribution in [0.3, 0.4) is 0 Å². The fraction of sp³-hybridized carbons (Fsp3) is 0.562. The van der Waals surface area contributed by atoms with Crippen LogP contribution in [-0.4, -0.2) is 24.8 Å². The van der Waals surface area contributed by atoms with Crippen molar-refractivity contribution < 1.29 is 4.79 Å². The van der Waals surface area contributed by atoms with Gasteiger partial charge in [-0.1, -0.05) is 30.7 Å². The molecule has 0 heterocycles. The van der Waals surface area contributed by atoms with Crippen LogP contribution in [0.5, 0.6) is 0 Å². The van der Waals surface area contributed by atoms with Gasteiger partial charge in [0.25, 0.3) is 0 Å². The van der Waals surface area contributed by atoms with Crippen LogP contribution in [0.25, 0.3) is 0 Å². The Bertz CT molecular complexity index is 454. The fourth-order valence-electron chi connectivity index (χ4n) is 3.22. The summed E-state index contributed by atoms with van der Waals surface area (Å²) >= 11 is 5.99. The van der Waals surface area contributed by atoms with E-state index in [-0.39, 0.29) is 11.5 Å². The first kappa shape index (κ1) is 14.5. The second-order valence-electron chi connectivity index (χ2n) is 5.71. The van der Waals surface area contributed by atoms with Gasteiger partial charge in [0.2, 0.25) is 0 Å². The van der Waals surface area contributed by atoms with Crippen LogP contribution in [0.15, 0.2) is 24.3 Å². The van der Waals surface area contributed by atoms with Crippen LogP contribution in [0.4, 0.5) is 0 Å². The number of hydrogen-bond acceptors (Lipinski definition) is 2. The molecule has 1 aliphatic carbocycles. The van der Waals surface area contributed by atoms with Crippen molar-refractivity contribution in [3.05, 3.63) is 34.9 Å². The van der Waals surface area contributed by atoms with Crippen molar-refractivity contribution in [1.82, 2.24) is 4.90 Å². The van der Waals surface area contributed by atoms with Crippen molar-refractivity contribution >= 4 is 17.4 Å². The van der Waals surface area contributed by atoms with Crippen LogP contribution in [0.2, 0.25) is 5.02 Å². The summed E-state index contributed by atoms with van der Waals surface area (Å²) in [7, 11) is 4.22. The molecule has 3 heteroatoms. The van der Waals surface area contributed by atoms with Crippen molar-refractivity contribution in [1.29, 1.82) is 0 Å². The molecule has 0 radical (unpaired) electrons. The third kappa shape index (κ3) is 2.70. The van der Waals surface area contributed by atoms with Gasteiger partial charge < -0.3 is 0 Å². The molecule has 19 heavy (non-hydrogen) atoms. The van der Waals surface area contributed by atoms with Gasteiger partial charge in [-0.3, -0.25) is 9.69 Å². The standard InChI is InChI=1S/C16H22ClNO/c1-4-12-11-16(18(2)3,10-9-15(12)19)13-5-7-14(17)8-6-13/h5-8,12H,4,9-11H2,1-3H3. The Balaban J connectivity index is 2.38. The summed E-state index contributed by atoms with van der Waals surface area (Å²) in [6.07, 6.45) is 3.43. The van der Waals surface area contributed by atoms with Crippen molar-refractivity contribution in [2.75, 3.05) is 14.1 Å². The van der Waals surface area contributed by atoms with Crippen LogP contribution >= 0.6 is 11.6 Å². The Kier molecular flexibility index (Phi) is 4.32. The van der Waals surface area contributed by atoms with E-state index >= 15 is 0 Å². The zero-order valence-electron chi connectivity index (χ0n) is 11.9. The molecule has 2 atom stereocenters. The van der Waals surface area contributed by atoms with Crippen LogP contribution in [-0.2, 0) is 10.3 Å². The molecule has 0 N–H and O–H groups in total. The lowest BCUT2D eigenvalue weighted by Gasteiger charge is -2.45. The summed E-state index contributed by atoms with van der Waals surface area (Å²) in [5.41, 5.74) is 1.24. The van der Waals surface area contributed by atoms with E-state index in [0.29, 0.717) is 12.2 Å². The number of benzene rings is 1. The Morgan fingerprint density at radius 1 is 1.32 bits per heavy atom. The van der Waals surface area contributed by atoms with Crippen LogP contribution < -0.4 is 0 Å². The minimum Gasteiger partial charge on any atom is -0.300 e. The van der Waals surface area contributed by atoms with Gasteiger partial charge in [0.1, 0.15) is 5.78 Å². The monoisotopic (exact) mass is 279 g/mol. The molecule has 0 bridgehead atoms. The fourth-order valence-corrected chi connectivity index (χ4v) is 3.34. The zero-order valence-corrected chi connectivity index (χ0v) is 12.7. The molecule has 0 aromatic heterocycles. The van der Waals surface area contributed by atoms with E-state index in [0.717, 1.165) is 24.3 Å². The lowest BCUT2D eigenvalue weighted by Crippen LogP contribution is -2.47. The third-order valence-corrected chi connectivity index (χ3v) is 4.81. The molecule has 1 aliphatic rings. The molecule has 104 valence electrons. The largest absolute Gasteiger partial charge is 0.300 e. The van der Waals surface area contributed by atoms with E-state index in [4.69, 9.17) is 11.6 Å². The maximum atomic E-state index is 12.0. The van der Waals surface area contributed by atoms with Gasteiger partial charge >= 0.3 is 0 Å². The summed E-state index contributed by atoms with van der Waals surface area (Å²) in [6.45, 7) is 2.11. The molecular weight excluding hydrogens is 258 g/mol. The highest BCUT2D eigenvalue weighted by Crippen LogP contribution is 2.43. The van der Waals surface area contributed by atoms with Crippen molar-refractivity contribution in [2.24, 2.45) is 5.92 Å². The molecule has 1 saturated carbocycles. The first-order valence-electron chi connectivity index (χ1n) is 6.96. The molecule has 0 saturated heterocycles. The second-order valence-corrected chi connectivity index (χ2v) is 6.14. The van der Waals surface area contributed by atoms with Crippen LogP contribution in [0, 0.1) is 5.92 Å². The number of ketones is 1. The second kappa shape index (κ2) is 5.64. The molecule has 2 unspecified atom stereocenters. The van der Waals surface area contributed by atoms with E-state index in [1.165, 1.54) is 5.56 Å². The average molecular weight is 280 g/mol. The molecule has 1 fully saturated rings. The van der Waals surface area contributed by atoms with Gasteiger partial charge in [0.15, 0.2) is 0 Å². The molecule has 2 rings (SSSR count). The molecule has 0 amide bonds. The van der Waals surface area contributed by atoms with E-state index in [9.17, 15) is 4.79 Å². The normalized spacial score (nSPS) is 27.8. The highest BCUT2D eigenvalue weighted by atomic mass is 35.5. The van der Waals surface area contributed by atoms with Gasteiger partial charge in [-0.15, -0.1) is 0 Å². The quantitative estimate of drug-likeness (QED) is 0.837. The van der Waals surface area contributed by atoms with Gasteiger partial charge in [-0.05, 0) is 51.1 Å². The summed E-state index contributed by atoms with van der Waals surface area (Å²) in [5, 5.41) is 0.761. The number of carbonyl (C=O) groups excluding carboxylic acids is 1. The number of carbonyl (C=O) groups is 1. The lowest BCUT2D eigenvalue weighted by molar-refractivity contribution is -0.128. The minimum atomic E-state index is -0.0286. The zero-order chi connectivity index (χ0) is 14.0. The maximum absolute atomic E-state index is 12.0. The Morgan fingerprint density at radius 3 is 2.47 bits per heavy atom.